The first-order chi connectivity index (χ1) is 14.5. The summed E-state index contributed by atoms with van der Waals surface area (Å²) < 4.78 is 7.28. The summed E-state index contributed by atoms with van der Waals surface area (Å²) in [5, 5.41) is 12.5. The molecule has 1 aromatic heterocycles. The molecule has 0 radical (unpaired) electrons. The number of amides is 2. The summed E-state index contributed by atoms with van der Waals surface area (Å²) in [6, 6.07) is 8.86. The van der Waals surface area contributed by atoms with Gasteiger partial charge in [0.1, 0.15) is 0 Å². The van der Waals surface area contributed by atoms with Gasteiger partial charge in [0.15, 0.2) is 11.0 Å². The molecule has 1 aliphatic rings. The van der Waals surface area contributed by atoms with Gasteiger partial charge >= 0.3 is 0 Å². The largest absolute Gasteiger partial charge is 0.378 e. The van der Waals surface area contributed by atoms with Crippen LogP contribution in [0.15, 0.2) is 35.5 Å². The third-order valence-electron chi connectivity index (χ3n) is 5.02. The molecule has 2 aromatic rings. The fourth-order valence-electron chi connectivity index (χ4n) is 3.31. The van der Waals surface area contributed by atoms with Crippen LogP contribution in [-0.2, 0) is 16.1 Å². The summed E-state index contributed by atoms with van der Waals surface area (Å²) in [4.78, 5) is 27.0. The summed E-state index contributed by atoms with van der Waals surface area (Å²) in [5.41, 5.74) is 0.608. The maximum absolute atomic E-state index is 12.7. The van der Waals surface area contributed by atoms with Gasteiger partial charge in [-0.15, -0.1) is 10.2 Å². The Morgan fingerprint density at radius 3 is 2.50 bits per heavy atom. The predicted molar refractivity (Wildman–Crippen MR) is 115 cm³/mol. The molecule has 1 aliphatic heterocycles. The second-order valence-electron chi connectivity index (χ2n) is 7.43. The van der Waals surface area contributed by atoms with Crippen LogP contribution in [0.5, 0.6) is 0 Å². The number of nitrogens with one attached hydrogen (secondary N) is 1. The monoisotopic (exact) mass is 431 g/mol. The van der Waals surface area contributed by atoms with E-state index in [1.54, 1.807) is 12.1 Å². The Bertz CT molecular complexity index is 850. The second kappa shape index (κ2) is 10.6. The molecule has 0 saturated carbocycles. The average Bonchev–Trinajstić information content (AvgIpc) is 3.19. The number of hydrogen-bond donors (Lipinski definition) is 1. The topological polar surface area (TPSA) is 89.3 Å². The zero-order chi connectivity index (χ0) is 21.5. The van der Waals surface area contributed by atoms with Crippen molar-refractivity contribution >= 4 is 23.6 Å². The van der Waals surface area contributed by atoms with E-state index in [1.165, 1.54) is 11.8 Å². The molecule has 2 heterocycles. The van der Waals surface area contributed by atoms with E-state index in [9.17, 15) is 9.59 Å². The van der Waals surface area contributed by atoms with Crippen LogP contribution in [0.3, 0.4) is 0 Å². The van der Waals surface area contributed by atoms with Gasteiger partial charge < -0.3 is 19.5 Å². The molecule has 0 bridgehead atoms. The van der Waals surface area contributed by atoms with Crippen molar-refractivity contribution in [2.75, 3.05) is 32.1 Å². The third kappa shape index (κ3) is 5.40. The van der Waals surface area contributed by atoms with Crippen molar-refractivity contribution in [1.82, 2.24) is 25.0 Å². The fourth-order valence-corrected chi connectivity index (χ4v) is 4.22. The molecule has 1 N–H and O–H groups in total. The lowest BCUT2D eigenvalue weighted by molar-refractivity contribution is -0.132. The minimum absolute atomic E-state index is 0.0771. The molecule has 1 saturated heterocycles. The van der Waals surface area contributed by atoms with Crippen LogP contribution >= 0.6 is 11.8 Å². The number of ether oxygens (including phenoxy) is 1. The first kappa shape index (κ1) is 22.3. The van der Waals surface area contributed by atoms with E-state index in [4.69, 9.17) is 4.74 Å². The van der Waals surface area contributed by atoms with Crippen LogP contribution in [0, 0.1) is 5.92 Å². The first-order valence-corrected chi connectivity index (χ1v) is 11.3. The lowest BCUT2D eigenvalue weighted by atomic mass is 10.0. The van der Waals surface area contributed by atoms with E-state index in [-0.39, 0.29) is 23.8 Å². The van der Waals surface area contributed by atoms with Crippen molar-refractivity contribution in [3.63, 3.8) is 0 Å². The van der Waals surface area contributed by atoms with Gasteiger partial charge in [-0.25, -0.2) is 0 Å². The number of carbonyl (C=O) groups is 2. The van der Waals surface area contributed by atoms with E-state index in [0.29, 0.717) is 55.1 Å². The van der Waals surface area contributed by atoms with Crippen molar-refractivity contribution in [2.24, 2.45) is 5.92 Å². The van der Waals surface area contributed by atoms with Crippen LogP contribution in [0.1, 0.15) is 43.0 Å². The van der Waals surface area contributed by atoms with E-state index in [0.717, 1.165) is 0 Å². The molecule has 8 nitrogen and oxygen atoms in total. The maximum atomic E-state index is 12.7. The molecular formula is C21H29N5O3S. The molecule has 1 aromatic carbocycles. The van der Waals surface area contributed by atoms with Crippen molar-refractivity contribution < 1.29 is 14.3 Å². The van der Waals surface area contributed by atoms with Gasteiger partial charge in [0.2, 0.25) is 5.91 Å². The molecular weight excluding hydrogens is 402 g/mol. The smallest absolute Gasteiger partial charge is 0.251 e. The molecule has 0 aliphatic carbocycles. The van der Waals surface area contributed by atoms with Gasteiger partial charge in [-0.3, -0.25) is 9.59 Å². The SMILES string of the molecule is CCn1c(SCC(=O)N2CCOCC2)nnc1[C@@H](NC(=O)c1ccccc1)C(C)C. The molecule has 30 heavy (non-hydrogen) atoms. The number of nitrogens with zero attached hydrogens (tertiary/aromatic N) is 4. The quantitative estimate of drug-likeness (QED) is 0.646. The van der Waals surface area contributed by atoms with E-state index < -0.39 is 0 Å². The van der Waals surface area contributed by atoms with Gasteiger partial charge in [-0.2, -0.15) is 0 Å². The highest BCUT2D eigenvalue weighted by atomic mass is 32.2. The van der Waals surface area contributed by atoms with Crippen molar-refractivity contribution in [3.8, 4) is 0 Å². The number of rotatable bonds is 8. The van der Waals surface area contributed by atoms with Gasteiger partial charge in [0.25, 0.3) is 5.91 Å². The molecule has 9 heteroatoms. The summed E-state index contributed by atoms with van der Waals surface area (Å²) >= 11 is 1.38. The molecule has 3 rings (SSSR count). The standard InChI is InChI=1S/C21H29N5O3S/c1-4-26-19(18(15(2)3)22-20(28)16-8-6-5-7-9-16)23-24-21(26)30-14-17(27)25-10-12-29-13-11-25/h5-9,15,18H,4,10-14H2,1-3H3,(H,22,28)/t18-/m0/s1. The number of benzene rings is 1. The number of morpholine rings is 1. The summed E-state index contributed by atoms with van der Waals surface area (Å²) in [6.07, 6.45) is 0. The summed E-state index contributed by atoms with van der Waals surface area (Å²) in [7, 11) is 0. The number of thioether (sulfide) groups is 1. The Kier molecular flexibility index (Phi) is 7.87. The van der Waals surface area contributed by atoms with Crippen LogP contribution in [0.25, 0.3) is 0 Å². The molecule has 162 valence electrons. The summed E-state index contributed by atoms with van der Waals surface area (Å²) in [6.45, 7) is 9.18. The molecule has 2 amide bonds. The first-order valence-electron chi connectivity index (χ1n) is 10.3. The summed E-state index contributed by atoms with van der Waals surface area (Å²) in [5.74, 6) is 1.07. The zero-order valence-corrected chi connectivity index (χ0v) is 18.5. The van der Waals surface area contributed by atoms with Crippen molar-refractivity contribution in [2.45, 2.75) is 38.5 Å². The highest BCUT2D eigenvalue weighted by Crippen LogP contribution is 2.25. The van der Waals surface area contributed by atoms with Crippen LogP contribution < -0.4 is 5.32 Å². The third-order valence-corrected chi connectivity index (χ3v) is 5.97. The highest BCUT2D eigenvalue weighted by Gasteiger charge is 2.26. The van der Waals surface area contributed by atoms with E-state index in [2.05, 4.69) is 15.5 Å². The second-order valence-corrected chi connectivity index (χ2v) is 8.37. The minimum Gasteiger partial charge on any atom is -0.378 e. The van der Waals surface area contributed by atoms with Gasteiger partial charge in [-0.1, -0.05) is 43.8 Å². The predicted octanol–water partition coefficient (Wildman–Crippen LogP) is 2.38. The Hall–Kier alpha value is -2.39. The Labute approximate surface area is 181 Å². The molecule has 0 unspecified atom stereocenters. The van der Waals surface area contributed by atoms with Gasteiger partial charge in [0.05, 0.1) is 25.0 Å². The highest BCUT2D eigenvalue weighted by molar-refractivity contribution is 7.99. The fraction of sp³-hybridized carbons (Fsp3) is 0.524. The Morgan fingerprint density at radius 2 is 1.87 bits per heavy atom. The van der Waals surface area contributed by atoms with Crippen LogP contribution in [0.2, 0.25) is 0 Å². The van der Waals surface area contributed by atoms with Crippen LogP contribution in [0.4, 0.5) is 0 Å². The van der Waals surface area contributed by atoms with Gasteiger partial charge in [-0.05, 0) is 25.0 Å². The number of aromatic nitrogens is 3. The Morgan fingerprint density at radius 1 is 1.17 bits per heavy atom. The molecule has 1 atom stereocenters. The molecule has 0 spiro atoms. The maximum Gasteiger partial charge on any atom is 0.251 e. The number of hydrogen-bond acceptors (Lipinski definition) is 6. The minimum atomic E-state index is -0.283. The normalized spacial score (nSPS) is 15.3. The van der Waals surface area contributed by atoms with Crippen molar-refractivity contribution in [3.05, 3.63) is 41.7 Å². The Balaban J connectivity index is 1.71. The zero-order valence-electron chi connectivity index (χ0n) is 17.7. The average molecular weight is 432 g/mol. The van der Waals surface area contributed by atoms with E-state index in [1.807, 2.05) is 48.4 Å². The lowest BCUT2D eigenvalue weighted by Crippen LogP contribution is -2.41. The lowest BCUT2D eigenvalue weighted by Gasteiger charge is -2.26. The van der Waals surface area contributed by atoms with E-state index >= 15 is 0 Å². The van der Waals surface area contributed by atoms with Gasteiger partial charge in [0, 0.05) is 25.2 Å². The molecule has 1 fully saturated rings. The number of carbonyl (C=O) groups excluding carboxylic acids is 2. The van der Waals surface area contributed by atoms with Crippen molar-refractivity contribution in [1.29, 1.82) is 0 Å². The van der Waals surface area contributed by atoms with Crippen LogP contribution in [-0.4, -0.2) is 63.5 Å².